The number of aliphatic imine (C=N–C) groups is 1. The second kappa shape index (κ2) is 7.96. The first-order valence-electron chi connectivity index (χ1n) is 6.95. The summed E-state index contributed by atoms with van der Waals surface area (Å²) in [5, 5.41) is 9.90. The second-order valence-corrected chi connectivity index (χ2v) is 9.25. The molecular weight excluding hydrogens is 372 g/mol. The molecule has 0 bridgehead atoms. The number of hydrogen-bond acceptors (Lipinski definition) is 2. The number of phenols is 1. The Hall–Kier alpha value is 0.153. The molecule has 2 fully saturated rings. The Labute approximate surface area is 139 Å². The summed E-state index contributed by atoms with van der Waals surface area (Å²) in [6.07, 6.45) is 7.27. The fourth-order valence-electron chi connectivity index (χ4n) is 3.29. The Bertz CT molecular complexity index is 481. The van der Waals surface area contributed by atoms with Crippen molar-refractivity contribution >= 4 is 23.2 Å². The Balaban J connectivity index is 0.000000452. The van der Waals surface area contributed by atoms with E-state index in [-0.39, 0.29) is 0 Å². The van der Waals surface area contributed by atoms with Gasteiger partial charge < -0.3 is 5.11 Å². The number of halogens is 2. The maximum absolute atomic E-state index is 9.90. The van der Waals surface area contributed by atoms with Gasteiger partial charge in [0.05, 0.1) is 6.04 Å². The van der Waals surface area contributed by atoms with Crippen LogP contribution in [-0.4, -0.2) is 17.4 Å². The number of rotatable bonds is 2. The Morgan fingerprint density at radius 1 is 1.35 bits per heavy atom. The number of nitrogens with zero attached hydrogens (tertiary/aromatic N) is 1. The SMILES string of the molecule is Cc1cccc(C=NC2CC3CCCC32)c1O.[Cl][Zr][Cl]. The molecule has 20 heavy (non-hydrogen) atoms. The molecule has 0 radical (unpaired) electrons. The van der Waals surface area contributed by atoms with Crippen LogP contribution in [0.15, 0.2) is 23.2 Å². The van der Waals surface area contributed by atoms with E-state index in [1.165, 1.54) is 25.7 Å². The number of hydrogen-bond donors (Lipinski definition) is 1. The van der Waals surface area contributed by atoms with E-state index in [0.29, 0.717) is 11.8 Å². The predicted octanol–water partition coefficient (Wildman–Crippen LogP) is 4.68. The van der Waals surface area contributed by atoms with Crippen molar-refractivity contribution in [2.75, 3.05) is 0 Å². The fraction of sp³-hybridized carbons (Fsp3) is 0.533. The molecule has 3 atom stereocenters. The summed E-state index contributed by atoms with van der Waals surface area (Å²) in [5.74, 6) is 2.15. The van der Waals surface area contributed by atoms with Crippen LogP contribution in [0.3, 0.4) is 0 Å². The molecule has 2 nitrogen and oxygen atoms in total. The molecule has 0 heterocycles. The summed E-state index contributed by atoms with van der Waals surface area (Å²) < 4.78 is 0. The van der Waals surface area contributed by atoms with Gasteiger partial charge in [-0.25, -0.2) is 0 Å². The number of para-hydroxylation sites is 1. The van der Waals surface area contributed by atoms with Gasteiger partial charge in [0.25, 0.3) is 0 Å². The zero-order chi connectivity index (χ0) is 14.5. The van der Waals surface area contributed by atoms with Crippen molar-refractivity contribution in [3.05, 3.63) is 29.3 Å². The molecule has 0 saturated heterocycles. The van der Waals surface area contributed by atoms with Crippen molar-refractivity contribution in [2.45, 2.75) is 38.6 Å². The van der Waals surface area contributed by atoms with Gasteiger partial charge in [0, 0.05) is 11.8 Å². The third-order valence-corrected chi connectivity index (χ3v) is 4.43. The molecule has 1 N–H and O–H groups in total. The monoisotopic (exact) mass is 389 g/mol. The van der Waals surface area contributed by atoms with Crippen molar-refractivity contribution in [3.63, 3.8) is 0 Å². The molecule has 1 aromatic carbocycles. The first-order valence-corrected chi connectivity index (χ1v) is 13.3. The van der Waals surface area contributed by atoms with Gasteiger partial charge in [0.2, 0.25) is 0 Å². The van der Waals surface area contributed by atoms with E-state index in [0.717, 1.165) is 23.0 Å². The molecule has 3 rings (SSSR count). The molecular formula is C15H19Cl2NOZr. The van der Waals surface area contributed by atoms with Gasteiger partial charge in [-0.1, -0.05) is 25.0 Å². The third kappa shape index (κ3) is 3.87. The summed E-state index contributed by atoms with van der Waals surface area (Å²) in [5.41, 5.74) is 1.77. The van der Waals surface area contributed by atoms with Gasteiger partial charge in [-0.15, -0.1) is 0 Å². The molecule has 1 aromatic rings. The number of fused-ring (bicyclic) bond motifs is 1. The van der Waals surface area contributed by atoms with E-state index in [2.05, 4.69) is 4.99 Å². The quantitative estimate of drug-likeness (QED) is 0.730. The minimum absolute atomic E-state index is 0.374. The summed E-state index contributed by atoms with van der Waals surface area (Å²) >= 11 is -0.826. The van der Waals surface area contributed by atoms with E-state index in [1.54, 1.807) is 0 Å². The van der Waals surface area contributed by atoms with E-state index < -0.39 is 20.8 Å². The van der Waals surface area contributed by atoms with E-state index in [9.17, 15) is 5.11 Å². The summed E-state index contributed by atoms with van der Waals surface area (Å²) in [4.78, 5) is 4.66. The van der Waals surface area contributed by atoms with Crippen LogP contribution >= 0.6 is 17.0 Å². The van der Waals surface area contributed by atoms with Crippen molar-refractivity contribution in [2.24, 2.45) is 16.8 Å². The normalized spacial score (nSPS) is 27.4. The van der Waals surface area contributed by atoms with E-state index in [1.807, 2.05) is 31.3 Å². The number of phenolic OH excluding ortho intramolecular Hbond substituents is 1. The van der Waals surface area contributed by atoms with Crippen molar-refractivity contribution < 1.29 is 26.0 Å². The average Bonchev–Trinajstić information content (AvgIpc) is 2.77. The topological polar surface area (TPSA) is 32.6 Å². The predicted molar refractivity (Wildman–Crippen MR) is 81.4 cm³/mol. The maximum atomic E-state index is 9.90. The minimum atomic E-state index is -0.826. The zero-order valence-corrected chi connectivity index (χ0v) is 15.5. The fourth-order valence-corrected chi connectivity index (χ4v) is 3.29. The van der Waals surface area contributed by atoms with Crippen LogP contribution in [-0.2, 0) is 20.8 Å². The number of benzene rings is 1. The van der Waals surface area contributed by atoms with Crippen molar-refractivity contribution in [1.82, 2.24) is 0 Å². The summed E-state index contributed by atoms with van der Waals surface area (Å²) in [7, 11) is 9.87. The average molecular weight is 391 g/mol. The molecule has 2 aliphatic carbocycles. The first-order chi connectivity index (χ1) is 9.67. The van der Waals surface area contributed by atoms with Gasteiger partial charge in [-0.2, -0.15) is 0 Å². The molecule has 108 valence electrons. The molecule has 2 saturated carbocycles. The molecule has 5 heteroatoms. The second-order valence-electron chi connectivity index (χ2n) is 5.52. The molecule has 0 spiro atoms. The van der Waals surface area contributed by atoms with Gasteiger partial charge in [-0.3, -0.25) is 4.99 Å². The molecule has 0 aliphatic heterocycles. The van der Waals surface area contributed by atoms with Gasteiger partial charge in [0.15, 0.2) is 0 Å². The third-order valence-electron chi connectivity index (χ3n) is 4.43. The van der Waals surface area contributed by atoms with Crippen LogP contribution in [0.2, 0.25) is 0 Å². The Kier molecular flexibility index (Phi) is 6.58. The van der Waals surface area contributed by atoms with E-state index >= 15 is 0 Å². The standard InChI is InChI=1S/C15H19NO.2ClH.Zr/c1-10-4-2-6-12(15(10)17)9-16-14-8-11-5-3-7-13(11)14;;;/h2,4,6,9,11,13-14,17H,3,5,7-8H2,1H3;2*1H;/q;;;+2/p-2. The van der Waals surface area contributed by atoms with Crippen LogP contribution in [0.25, 0.3) is 0 Å². The van der Waals surface area contributed by atoms with Crippen molar-refractivity contribution in [1.29, 1.82) is 0 Å². The van der Waals surface area contributed by atoms with Gasteiger partial charge in [-0.05, 0) is 43.2 Å². The van der Waals surface area contributed by atoms with Crippen LogP contribution in [0, 0.1) is 18.8 Å². The summed E-state index contributed by atoms with van der Waals surface area (Å²) in [6, 6.07) is 6.33. The molecule has 2 aliphatic rings. The number of aryl methyl sites for hydroxylation is 1. The number of aromatic hydroxyl groups is 1. The van der Waals surface area contributed by atoms with Crippen LogP contribution in [0.1, 0.15) is 36.8 Å². The van der Waals surface area contributed by atoms with E-state index in [4.69, 9.17) is 17.0 Å². The molecule has 0 aromatic heterocycles. The molecule has 0 amide bonds. The van der Waals surface area contributed by atoms with Crippen LogP contribution < -0.4 is 0 Å². The van der Waals surface area contributed by atoms with Crippen molar-refractivity contribution in [3.8, 4) is 5.75 Å². The van der Waals surface area contributed by atoms with Gasteiger partial charge in [0.1, 0.15) is 5.75 Å². The Morgan fingerprint density at radius 3 is 2.80 bits per heavy atom. The first kappa shape index (κ1) is 16.5. The van der Waals surface area contributed by atoms with Crippen LogP contribution in [0.4, 0.5) is 0 Å². The van der Waals surface area contributed by atoms with Gasteiger partial charge >= 0.3 is 37.9 Å². The van der Waals surface area contributed by atoms with Crippen LogP contribution in [0.5, 0.6) is 5.75 Å². The zero-order valence-electron chi connectivity index (χ0n) is 11.5. The summed E-state index contributed by atoms with van der Waals surface area (Å²) in [6.45, 7) is 1.92. The Morgan fingerprint density at radius 2 is 2.10 bits per heavy atom. The molecule has 3 unspecified atom stereocenters.